The van der Waals surface area contributed by atoms with Crippen molar-refractivity contribution < 1.29 is 32.3 Å². The van der Waals surface area contributed by atoms with Gasteiger partial charge in [0.05, 0.1) is 6.04 Å². The number of hydrogen-bond acceptors (Lipinski definition) is 3. The number of hydrogen-bond donors (Lipinski definition) is 3. The van der Waals surface area contributed by atoms with E-state index in [-0.39, 0.29) is 11.1 Å². The van der Waals surface area contributed by atoms with Crippen LogP contribution in [0.1, 0.15) is 22.0 Å². The normalized spacial score (nSPS) is 23.8. The second-order valence-corrected chi connectivity index (χ2v) is 7.30. The number of aliphatic hydroxyl groups is 1. The Morgan fingerprint density at radius 3 is 2.35 bits per heavy atom. The van der Waals surface area contributed by atoms with Crippen LogP contribution in [0.5, 0.6) is 0 Å². The molecule has 0 saturated carbocycles. The molecule has 9 heteroatoms. The van der Waals surface area contributed by atoms with Crippen molar-refractivity contribution in [2.45, 2.75) is 17.9 Å². The first-order chi connectivity index (χ1) is 14.6. The smallest absolute Gasteiger partial charge is 0.363 e. The molecule has 1 fully saturated rings. The largest absolute Gasteiger partial charge is 0.437 e. The van der Waals surface area contributed by atoms with Crippen LogP contribution in [-0.4, -0.2) is 28.8 Å². The third kappa shape index (κ3) is 3.61. The molecule has 3 N–H and O–H groups in total. The lowest BCUT2D eigenvalue weighted by Gasteiger charge is -2.45. The Morgan fingerprint density at radius 2 is 1.68 bits per heavy atom. The SMILES string of the molecule is O=C1NC(c2cccc(F)c2)C(C(=O)c2ccc3ccccc3c2)C(O)(C(F)(F)F)N1. The quantitative estimate of drug-likeness (QED) is 0.431. The van der Waals surface area contributed by atoms with Crippen molar-refractivity contribution >= 4 is 22.6 Å². The Morgan fingerprint density at radius 1 is 0.968 bits per heavy atom. The van der Waals surface area contributed by atoms with Gasteiger partial charge in [-0.2, -0.15) is 13.2 Å². The minimum Gasteiger partial charge on any atom is -0.363 e. The summed E-state index contributed by atoms with van der Waals surface area (Å²) in [4.78, 5) is 25.3. The Bertz CT molecular complexity index is 1180. The van der Waals surface area contributed by atoms with Gasteiger partial charge in [-0.25, -0.2) is 9.18 Å². The Labute approximate surface area is 173 Å². The molecule has 31 heavy (non-hydrogen) atoms. The lowest BCUT2D eigenvalue weighted by molar-refractivity contribution is -0.287. The predicted octanol–water partition coefficient (Wildman–Crippen LogP) is 4.08. The minimum absolute atomic E-state index is 0.0864. The molecule has 1 heterocycles. The molecule has 1 aliphatic rings. The maximum Gasteiger partial charge on any atom is 0.437 e. The van der Waals surface area contributed by atoms with Crippen molar-refractivity contribution in [2.75, 3.05) is 0 Å². The number of Topliss-reactive ketones (excluding diaryl/α,β-unsaturated/α-hetero) is 1. The molecule has 1 aliphatic heterocycles. The number of nitrogens with one attached hydrogen (secondary N) is 2. The van der Waals surface area contributed by atoms with Crippen molar-refractivity contribution in [2.24, 2.45) is 5.92 Å². The summed E-state index contributed by atoms with van der Waals surface area (Å²) in [6.07, 6.45) is -5.38. The topological polar surface area (TPSA) is 78.4 Å². The summed E-state index contributed by atoms with van der Waals surface area (Å²) in [6.45, 7) is 0. The van der Waals surface area contributed by atoms with E-state index < -0.39 is 41.5 Å². The first kappa shape index (κ1) is 20.8. The number of carbonyl (C=O) groups excluding carboxylic acids is 2. The van der Waals surface area contributed by atoms with Crippen molar-refractivity contribution in [3.8, 4) is 0 Å². The second-order valence-electron chi connectivity index (χ2n) is 7.30. The number of alkyl halides is 3. The lowest BCUT2D eigenvalue weighted by atomic mass is 9.77. The summed E-state index contributed by atoms with van der Waals surface area (Å²) in [7, 11) is 0. The zero-order valence-electron chi connectivity index (χ0n) is 15.8. The molecular formula is C22H16F4N2O3. The minimum atomic E-state index is -5.38. The molecule has 5 nitrogen and oxygen atoms in total. The predicted molar refractivity (Wildman–Crippen MR) is 104 cm³/mol. The van der Waals surface area contributed by atoms with Crippen LogP contribution in [0.2, 0.25) is 0 Å². The molecule has 4 rings (SSSR count). The van der Waals surface area contributed by atoms with Gasteiger partial charge in [-0.1, -0.05) is 48.5 Å². The maximum atomic E-state index is 13.9. The van der Waals surface area contributed by atoms with E-state index in [1.54, 1.807) is 30.3 Å². The van der Waals surface area contributed by atoms with Crippen LogP contribution < -0.4 is 10.6 Å². The zero-order valence-corrected chi connectivity index (χ0v) is 15.8. The summed E-state index contributed by atoms with van der Waals surface area (Å²) >= 11 is 0. The third-order valence-corrected chi connectivity index (χ3v) is 5.33. The van der Waals surface area contributed by atoms with E-state index in [0.717, 1.165) is 17.5 Å². The van der Waals surface area contributed by atoms with Gasteiger partial charge >= 0.3 is 12.2 Å². The third-order valence-electron chi connectivity index (χ3n) is 5.33. The zero-order chi connectivity index (χ0) is 22.4. The van der Waals surface area contributed by atoms with Crippen LogP contribution in [0.15, 0.2) is 66.7 Å². The molecule has 3 aromatic carbocycles. The highest BCUT2D eigenvalue weighted by atomic mass is 19.4. The van der Waals surface area contributed by atoms with Gasteiger partial charge in [0.15, 0.2) is 5.78 Å². The first-order valence-corrected chi connectivity index (χ1v) is 9.26. The molecule has 0 bridgehead atoms. The van der Waals surface area contributed by atoms with Gasteiger partial charge in [-0.15, -0.1) is 0 Å². The maximum absolute atomic E-state index is 13.9. The summed E-state index contributed by atoms with van der Waals surface area (Å²) in [6, 6.07) is 12.8. The monoisotopic (exact) mass is 432 g/mol. The van der Waals surface area contributed by atoms with Crippen LogP contribution in [0, 0.1) is 11.7 Å². The fourth-order valence-corrected chi connectivity index (χ4v) is 3.84. The van der Waals surface area contributed by atoms with Gasteiger partial charge < -0.3 is 15.7 Å². The number of amides is 2. The van der Waals surface area contributed by atoms with E-state index in [1.807, 2.05) is 0 Å². The van der Waals surface area contributed by atoms with Crippen molar-refractivity contribution in [3.05, 3.63) is 83.7 Å². The number of carbonyl (C=O) groups is 2. The van der Waals surface area contributed by atoms with Crippen molar-refractivity contribution in [3.63, 3.8) is 0 Å². The van der Waals surface area contributed by atoms with Gasteiger partial charge in [0.1, 0.15) is 11.7 Å². The summed E-state index contributed by atoms with van der Waals surface area (Å²) in [5.74, 6) is -4.04. The molecule has 160 valence electrons. The Balaban J connectivity index is 1.88. The second kappa shape index (κ2) is 7.35. The highest BCUT2D eigenvalue weighted by molar-refractivity contribution is 6.03. The van der Waals surface area contributed by atoms with Crippen LogP contribution in [0.4, 0.5) is 22.4 Å². The van der Waals surface area contributed by atoms with Gasteiger partial charge in [0.25, 0.3) is 0 Å². The van der Waals surface area contributed by atoms with Gasteiger partial charge in [0.2, 0.25) is 5.72 Å². The van der Waals surface area contributed by atoms with Crippen molar-refractivity contribution in [1.82, 2.24) is 10.6 Å². The molecule has 3 aromatic rings. The molecule has 3 atom stereocenters. The van der Waals surface area contributed by atoms with E-state index in [2.05, 4.69) is 5.32 Å². The molecular weight excluding hydrogens is 416 g/mol. The average molecular weight is 432 g/mol. The van der Waals surface area contributed by atoms with Crippen LogP contribution in [0.25, 0.3) is 10.8 Å². The molecule has 2 amide bonds. The standard InChI is InChI=1S/C22H16F4N2O3/c23-16-7-3-6-14(11-16)18-17(21(31,22(24,25)26)28-20(30)27-18)19(29)15-9-8-12-4-1-2-5-13(12)10-15/h1-11,17-18,31H,(H2,27,28,30). The molecule has 0 aromatic heterocycles. The van der Waals surface area contributed by atoms with Crippen molar-refractivity contribution in [1.29, 1.82) is 0 Å². The van der Waals surface area contributed by atoms with Crippen LogP contribution in [0.3, 0.4) is 0 Å². The number of benzene rings is 3. The number of fused-ring (bicyclic) bond motifs is 1. The van der Waals surface area contributed by atoms with E-state index in [1.165, 1.54) is 29.6 Å². The van der Waals surface area contributed by atoms with E-state index >= 15 is 0 Å². The fourth-order valence-electron chi connectivity index (χ4n) is 3.84. The first-order valence-electron chi connectivity index (χ1n) is 9.26. The number of ketones is 1. The highest BCUT2D eigenvalue weighted by Crippen LogP contribution is 2.44. The lowest BCUT2D eigenvalue weighted by Crippen LogP contribution is -2.72. The number of halogens is 4. The Hall–Kier alpha value is -3.46. The molecule has 1 saturated heterocycles. The summed E-state index contributed by atoms with van der Waals surface area (Å²) in [5.41, 5.74) is -4.04. The average Bonchev–Trinajstić information content (AvgIpc) is 2.71. The van der Waals surface area contributed by atoms with Crippen LogP contribution in [-0.2, 0) is 0 Å². The van der Waals surface area contributed by atoms with E-state index in [9.17, 15) is 32.3 Å². The summed E-state index contributed by atoms with van der Waals surface area (Å²) < 4.78 is 55.6. The highest BCUT2D eigenvalue weighted by Gasteiger charge is 2.66. The number of rotatable bonds is 3. The van der Waals surface area contributed by atoms with Gasteiger partial charge in [-0.05, 0) is 34.5 Å². The van der Waals surface area contributed by atoms with Gasteiger partial charge in [0, 0.05) is 5.56 Å². The van der Waals surface area contributed by atoms with E-state index in [4.69, 9.17) is 0 Å². The fraction of sp³-hybridized carbons (Fsp3) is 0.182. The molecule has 0 spiro atoms. The van der Waals surface area contributed by atoms with Gasteiger partial charge in [-0.3, -0.25) is 4.79 Å². The summed E-state index contributed by atoms with van der Waals surface area (Å²) in [5, 5.41) is 15.6. The molecule has 0 radical (unpaired) electrons. The number of urea groups is 1. The van der Waals surface area contributed by atoms with Crippen LogP contribution >= 0.6 is 0 Å². The molecule has 0 aliphatic carbocycles. The van der Waals surface area contributed by atoms with E-state index in [0.29, 0.717) is 5.39 Å². The Kier molecular flexibility index (Phi) is 4.93. The molecule has 3 unspecified atom stereocenters.